The molecule has 1 N–H and O–H groups in total. The van der Waals surface area contributed by atoms with Gasteiger partial charge in [0.25, 0.3) is 0 Å². The third-order valence-corrected chi connectivity index (χ3v) is 3.78. The third kappa shape index (κ3) is 4.44. The van der Waals surface area contributed by atoms with Gasteiger partial charge in [0, 0.05) is 46.5 Å². The van der Waals surface area contributed by atoms with Crippen LogP contribution in [0.4, 0.5) is 4.79 Å². The van der Waals surface area contributed by atoms with Crippen molar-refractivity contribution in [2.45, 2.75) is 25.8 Å². The molecule has 8 nitrogen and oxygen atoms in total. The first-order chi connectivity index (χ1) is 10.6. The lowest BCUT2D eigenvalue weighted by atomic mass is 9.97. The van der Waals surface area contributed by atoms with E-state index in [0.29, 0.717) is 13.1 Å². The van der Waals surface area contributed by atoms with Crippen LogP contribution in [-0.4, -0.2) is 70.5 Å². The van der Waals surface area contributed by atoms with Crippen LogP contribution in [0.3, 0.4) is 0 Å². The molecule has 1 aliphatic heterocycles. The number of aryl methyl sites for hydroxylation is 1. The monoisotopic (exact) mass is 308 g/mol. The van der Waals surface area contributed by atoms with E-state index in [0.717, 1.165) is 32.4 Å². The number of carbonyl (C=O) groups excluding carboxylic acids is 2. The first kappa shape index (κ1) is 16.3. The lowest BCUT2D eigenvalue weighted by molar-refractivity contribution is -0.126. The predicted octanol–water partition coefficient (Wildman–Crippen LogP) is 0.178. The van der Waals surface area contributed by atoms with Gasteiger partial charge in [0.1, 0.15) is 0 Å². The molecule has 8 heteroatoms. The average molecular weight is 308 g/mol. The summed E-state index contributed by atoms with van der Waals surface area (Å²) in [6.07, 6.45) is 5.95. The van der Waals surface area contributed by atoms with Gasteiger partial charge in [-0.2, -0.15) is 0 Å². The van der Waals surface area contributed by atoms with Gasteiger partial charge in [-0.3, -0.25) is 9.48 Å². The van der Waals surface area contributed by atoms with Crippen LogP contribution < -0.4 is 5.32 Å². The fraction of sp³-hybridized carbons (Fsp3) is 0.714. The average Bonchev–Trinajstić information content (AvgIpc) is 3.04. The van der Waals surface area contributed by atoms with E-state index in [1.165, 1.54) is 0 Å². The minimum Gasteiger partial charge on any atom is -0.356 e. The van der Waals surface area contributed by atoms with Crippen molar-refractivity contribution in [3.05, 3.63) is 12.4 Å². The van der Waals surface area contributed by atoms with E-state index in [1.807, 2.05) is 0 Å². The van der Waals surface area contributed by atoms with Gasteiger partial charge in [-0.05, 0) is 19.3 Å². The number of carbonyl (C=O) groups is 2. The standard InChI is InChI=1S/C14H24N6O2/c1-18(2)14(22)19-8-3-5-12(11-19)13(21)15-6-4-9-20-10-7-16-17-20/h7,10,12H,3-6,8-9,11H2,1-2H3,(H,15,21)/t12-/m0/s1. The maximum atomic E-state index is 12.2. The minimum absolute atomic E-state index is 0.0244. The van der Waals surface area contributed by atoms with E-state index in [9.17, 15) is 9.59 Å². The molecule has 1 fully saturated rings. The first-order valence-corrected chi connectivity index (χ1v) is 7.66. The maximum Gasteiger partial charge on any atom is 0.319 e. The van der Waals surface area contributed by atoms with Crippen molar-refractivity contribution >= 4 is 11.9 Å². The number of rotatable bonds is 5. The number of nitrogens with zero attached hydrogens (tertiary/aromatic N) is 5. The van der Waals surface area contributed by atoms with E-state index in [2.05, 4.69) is 15.6 Å². The van der Waals surface area contributed by atoms with Crippen molar-refractivity contribution < 1.29 is 9.59 Å². The van der Waals surface area contributed by atoms with Gasteiger partial charge in [0.2, 0.25) is 5.91 Å². The van der Waals surface area contributed by atoms with Crippen LogP contribution in [0.5, 0.6) is 0 Å². The summed E-state index contributed by atoms with van der Waals surface area (Å²) < 4.78 is 1.74. The molecular weight excluding hydrogens is 284 g/mol. The van der Waals surface area contributed by atoms with Crippen LogP contribution in [0.25, 0.3) is 0 Å². The number of hydrogen-bond donors (Lipinski definition) is 1. The predicted molar refractivity (Wildman–Crippen MR) is 81.0 cm³/mol. The molecule has 1 aromatic heterocycles. The smallest absolute Gasteiger partial charge is 0.319 e. The second kappa shape index (κ2) is 7.77. The lowest BCUT2D eigenvalue weighted by Crippen LogP contribution is -2.48. The molecule has 0 unspecified atom stereocenters. The second-order valence-electron chi connectivity index (χ2n) is 5.77. The summed E-state index contributed by atoms with van der Waals surface area (Å²) >= 11 is 0. The Labute approximate surface area is 130 Å². The SMILES string of the molecule is CN(C)C(=O)N1CCC[C@H](C(=O)NCCCn2ccnn2)C1. The summed E-state index contributed by atoms with van der Waals surface area (Å²) in [5, 5.41) is 10.6. The second-order valence-corrected chi connectivity index (χ2v) is 5.77. The van der Waals surface area contributed by atoms with Gasteiger partial charge in [-0.25, -0.2) is 4.79 Å². The first-order valence-electron chi connectivity index (χ1n) is 7.66. The molecule has 22 heavy (non-hydrogen) atoms. The molecular formula is C14H24N6O2. The molecule has 1 aliphatic rings. The molecule has 3 amide bonds. The van der Waals surface area contributed by atoms with Crippen molar-refractivity contribution in [3.8, 4) is 0 Å². The normalized spacial score (nSPS) is 18.1. The van der Waals surface area contributed by atoms with Crippen LogP contribution in [-0.2, 0) is 11.3 Å². The molecule has 1 atom stereocenters. The highest BCUT2D eigenvalue weighted by Crippen LogP contribution is 2.17. The number of nitrogens with one attached hydrogen (secondary N) is 1. The number of hydrogen-bond acceptors (Lipinski definition) is 4. The van der Waals surface area contributed by atoms with Crippen LogP contribution in [0.2, 0.25) is 0 Å². The van der Waals surface area contributed by atoms with Crippen molar-refractivity contribution in [1.82, 2.24) is 30.1 Å². The Morgan fingerprint density at radius 3 is 2.91 bits per heavy atom. The zero-order valence-electron chi connectivity index (χ0n) is 13.2. The highest BCUT2D eigenvalue weighted by Gasteiger charge is 2.28. The number of urea groups is 1. The van der Waals surface area contributed by atoms with Crippen LogP contribution >= 0.6 is 0 Å². The summed E-state index contributed by atoms with van der Waals surface area (Å²) in [4.78, 5) is 27.5. The van der Waals surface area contributed by atoms with E-state index in [1.54, 1.807) is 41.0 Å². The molecule has 0 saturated carbocycles. The van der Waals surface area contributed by atoms with Crippen molar-refractivity contribution in [2.75, 3.05) is 33.7 Å². The Morgan fingerprint density at radius 2 is 2.23 bits per heavy atom. The fourth-order valence-corrected chi connectivity index (χ4v) is 2.60. The molecule has 0 spiro atoms. The summed E-state index contributed by atoms with van der Waals surface area (Å²) in [5.74, 6) is -0.0705. The number of amides is 3. The van der Waals surface area contributed by atoms with Gasteiger partial charge in [0.05, 0.1) is 12.1 Å². The fourth-order valence-electron chi connectivity index (χ4n) is 2.60. The summed E-state index contributed by atoms with van der Waals surface area (Å²) in [7, 11) is 3.46. The summed E-state index contributed by atoms with van der Waals surface area (Å²) in [6, 6.07) is -0.0244. The quantitative estimate of drug-likeness (QED) is 0.787. The Bertz CT molecular complexity index is 488. The number of aromatic nitrogens is 3. The Morgan fingerprint density at radius 1 is 1.41 bits per heavy atom. The zero-order chi connectivity index (χ0) is 15.9. The molecule has 1 saturated heterocycles. The molecule has 1 aromatic rings. The van der Waals surface area contributed by atoms with Crippen molar-refractivity contribution in [1.29, 1.82) is 0 Å². The van der Waals surface area contributed by atoms with Gasteiger partial charge in [-0.1, -0.05) is 5.21 Å². The molecule has 0 aromatic carbocycles. The lowest BCUT2D eigenvalue weighted by Gasteiger charge is -2.33. The number of piperidine rings is 1. The van der Waals surface area contributed by atoms with Gasteiger partial charge >= 0.3 is 6.03 Å². The Balaban J connectivity index is 1.71. The molecule has 0 aliphatic carbocycles. The van der Waals surface area contributed by atoms with Crippen LogP contribution in [0.1, 0.15) is 19.3 Å². The third-order valence-electron chi connectivity index (χ3n) is 3.78. The highest BCUT2D eigenvalue weighted by atomic mass is 16.2. The zero-order valence-corrected chi connectivity index (χ0v) is 13.2. The Kier molecular flexibility index (Phi) is 5.74. The largest absolute Gasteiger partial charge is 0.356 e. The minimum atomic E-state index is -0.107. The molecule has 0 bridgehead atoms. The molecule has 0 radical (unpaired) electrons. The van der Waals surface area contributed by atoms with E-state index in [-0.39, 0.29) is 17.9 Å². The van der Waals surface area contributed by atoms with E-state index >= 15 is 0 Å². The van der Waals surface area contributed by atoms with Crippen LogP contribution in [0.15, 0.2) is 12.4 Å². The van der Waals surface area contributed by atoms with Gasteiger partial charge < -0.3 is 15.1 Å². The van der Waals surface area contributed by atoms with E-state index in [4.69, 9.17) is 0 Å². The topological polar surface area (TPSA) is 83.4 Å². The van der Waals surface area contributed by atoms with Gasteiger partial charge in [-0.15, -0.1) is 5.10 Å². The highest BCUT2D eigenvalue weighted by molar-refractivity contribution is 5.80. The summed E-state index contributed by atoms with van der Waals surface area (Å²) in [6.45, 7) is 2.58. The maximum absolute atomic E-state index is 12.2. The molecule has 2 heterocycles. The number of likely N-dealkylation sites (tertiary alicyclic amines) is 1. The molecule has 2 rings (SSSR count). The van der Waals surface area contributed by atoms with Crippen molar-refractivity contribution in [3.63, 3.8) is 0 Å². The summed E-state index contributed by atoms with van der Waals surface area (Å²) in [5.41, 5.74) is 0. The van der Waals surface area contributed by atoms with E-state index < -0.39 is 0 Å². The van der Waals surface area contributed by atoms with Gasteiger partial charge in [0.15, 0.2) is 0 Å². The van der Waals surface area contributed by atoms with Crippen molar-refractivity contribution in [2.24, 2.45) is 5.92 Å². The molecule has 122 valence electrons. The Hall–Kier alpha value is -2.12. The van der Waals surface area contributed by atoms with Crippen LogP contribution in [0, 0.1) is 5.92 Å².